The summed E-state index contributed by atoms with van der Waals surface area (Å²) in [6.07, 6.45) is 5.77. The molecule has 1 unspecified atom stereocenters. The molecule has 0 aliphatic carbocycles. The summed E-state index contributed by atoms with van der Waals surface area (Å²) in [5.41, 5.74) is 1.06. The third-order valence-corrected chi connectivity index (χ3v) is 6.54. The monoisotopic (exact) mass is 430 g/mol. The first-order valence-corrected chi connectivity index (χ1v) is 11.2. The Labute approximate surface area is 181 Å². The Kier molecular flexibility index (Phi) is 7.14. The number of thiophene rings is 1. The molecule has 4 nitrogen and oxygen atoms in total. The lowest BCUT2D eigenvalue weighted by Crippen LogP contribution is -2.33. The Morgan fingerprint density at radius 1 is 1.24 bits per heavy atom. The van der Waals surface area contributed by atoms with Crippen LogP contribution in [0.4, 0.5) is 0 Å². The fraction of sp³-hybridized carbons (Fsp3) is 0.391. The highest BCUT2D eigenvalue weighted by Gasteiger charge is 2.35. The van der Waals surface area contributed by atoms with Crippen LogP contribution in [-0.2, 0) is 30.6 Å². The van der Waals surface area contributed by atoms with Crippen molar-refractivity contribution in [3.05, 3.63) is 75.0 Å². The fourth-order valence-electron chi connectivity index (χ4n) is 3.53. The maximum Gasteiger partial charge on any atom is 0.310 e. The van der Waals surface area contributed by atoms with Crippen molar-refractivity contribution in [1.29, 1.82) is 0 Å². The first kappa shape index (κ1) is 21.6. The van der Waals surface area contributed by atoms with Gasteiger partial charge in [0.2, 0.25) is 0 Å². The highest BCUT2D eigenvalue weighted by Crippen LogP contribution is 2.31. The number of halogens is 1. The lowest BCUT2D eigenvalue weighted by Gasteiger charge is -2.25. The number of unbranched alkanes of at least 4 members (excludes halogenated alkanes) is 1. The second kappa shape index (κ2) is 9.59. The third kappa shape index (κ3) is 5.28. The van der Waals surface area contributed by atoms with Crippen LogP contribution >= 0.6 is 22.9 Å². The van der Waals surface area contributed by atoms with E-state index in [0.29, 0.717) is 24.4 Å². The van der Waals surface area contributed by atoms with Crippen molar-refractivity contribution in [1.82, 2.24) is 9.55 Å². The molecule has 3 rings (SSSR count). The van der Waals surface area contributed by atoms with Gasteiger partial charge in [-0.2, -0.15) is 0 Å². The van der Waals surface area contributed by atoms with Crippen LogP contribution in [0.1, 0.15) is 48.6 Å². The summed E-state index contributed by atoms with van der Waals surface area (Å²) in [7, 11) is 0. The average Bonchev–Trinajstić information content (AvgIpc) is 3.32. The highest BCUT2D eigenvalue weighted by molar-refractivity contribution is 7.09. The summed E-state index contributed by atoms with van der Waals surface area (Å²) >= 11 is 8.00. The number of rotatable bonds is 10. The van der Waals surface area contributed by atoms with Gasteiger partial charge < -0.3 is 9.67 Å². The van der Waals surface area contributed by atoms with Gasteiger partial charge in [0.1, 0.15) is 5.82 Å². The smallest absolute Gasteiger partial charge is 0.310 e. The summed E-state index contributed by atoms with van der Waals surface area (Å²) in [5, 5.41) is 12.7. The highest BCUT2D eigenvalue weighted by atomic mass is 35.5. The zero-order chi connectivity index (χ0) is 20.9. The van der Waals surface area contributed by atoms with Crippen LogP contribution in [0.15, 0.2) is 48.0 Å². The zero-order valence-electron chi connectivity index (χ0n) is 16.9. The topological polar surface area (TPSA) is 55.1 Å². The van der Waals surface area contributed by atoms with Crippen molar-refractivity contribution in [3.8, 4) is 0 Å². The second-order valence-electron chi connectivity index (χ2n) is 7.75. The number of aromatic nitrogens is 2. The van der Waals surface area contributed by atoms with Crippen LogP contribution < -0.4 is 0 Å². The molecular weight excluding hydrogens is 404 g/mol. The minimum absolute atomic E-state index is 0.420. The number of hydrogen-bond acceptors (Lipinski definition) is 3. The van der Waals surface area contributed by atoms with Crippen LogP contribution in [0.3, 0.4) is 0 Å². The Bertz CT molecular complexity index is 952. The molecule has 0 amide bonds. The first-order chi connectivity index (χ1) is 13.9. The molecule has 0 fully saturated rings. The quantitative estimate of drug-likeness (QED) is 0.438. The summed E-state index contributed by atoms with van der Waals surface area (Å²) in [6, 6.07) is 11.8. The molecule has 0 spiro atoms. The van der Waals surface area contributed by atoms with Gasteiger partial charge in [-0.25, -0.2) is 4.98 Å². The van der Waals surface area contributed by atoms with Gasteiger partial charge in [0.25, 0.3) is 0 Å². The molecule has 6 heteroatoms. The largest absolute Gasteiger partial charge is 0.481 e. The molecule has 0 aliphatic heterocycles. The summed E-state index contributed by atoms with van der Waals surface area (Å²) < 4.78 is 2.16. The number of imidazole rings is 1. The van der Waals surface area contributed by atoms with E-state index in [1.54, 1.807) is 11.3 Å². The zero-order valence-corrected chi connectivity index (χ0v) is 18.5. The number of carbonyl (C=O) groups is 1. The van der Waals surface area contributed by atoms with Crippen molar-refractivity contribution in [2.45, 2.75) is 52.5 Å². The standard InChI is InChI=1S/C23H27ClN2O2S/c1-3-4-11-21-25-15-18(26(21)16-17-8-5-6-10-20(17)24)13-23(2,22(27)28)14-19-9-7-12-29-19/h5-10,12,15H,3-4,11,13-14,16H2,1-2H3,(H,27,28). The van der Waals surface area contributed by atoms with E-state index in [9.17, 15) is 9.90 Å². The Morgan fingerprint density at radius 2 is 2.03 bits per heavy atom. The number of aliphatic carboxylic acids is 1. The molecule has 0 bridgehead atoms. The molecular formula is C23H27ClN2O2S. The van der Waals surface area contributed by atoms with E-state index < -0.39 is 11.4 Å². The van der Waals surface area contributed by atoms with Gasteiger partial charge in [0.15, 0.2) is 0 Å². The van der Waals surface area contributed by atoms with E-state index in [4.69, 9.17) is 11.6 Å². The maximum absolute atomic E-state index is 12.2. The maximum atomic E-state index is 12.2. The predicted octanol–water partition coefficient (Wildman–Crippen LogP) is 5.87. The van der Waals surface area contributed by atoms with Gasteiger partial charge in [-0.1, -0.05) is 49.2 Å². The number of aryl methyl sites for hydroxylation is 1. The van der Waals surface area contributed by atoms with Gasteiger partial charge in [-0.3, -0.25) is 4.79 Å². The number of carboxylic acids is 1. The molecule has 154 valence electrons. The minimum atomic E-state index is -0.898. The van der Waals surface area contributed by atoms with Crippen molar-refractivity contribution < 1.29 is 9.90 Å². The van der Waals surface area contributed by atoms with Crippen LogP contribution in [0.2, 0.25) is 5.02 Å². The average molecular weight is 431 g/mol. The number of hydrogen-bond donors (Lipinski definition) is 1. The molecule has 29 heavy (non-hydrogen) atoms. The Hall–Kier alpha value is -2.11. The molecule has 0 saturated heterocycles. The van der Waals surface area contributed by atoms with Crippen molar-refractivity contribution >= 4 is 28.9 Å². The second-order valence-corrected chi connectivity index (χ2v) is 9.19. The summed E-state index contributed by atoms with van der Waals surface area (Å²) in [6.45, 7) is 4.58. The van der Waals surface area contributed by atoms with Crippen LogP contribution in [0.5, 0.6) is 0 Å². The van der Waals surface area contributed by atoms with Crippen LogP contribution in [0, 0.1) is 5.41 Å². The Balaban J connectivity index is 1.93. The van der Waals surface area contributed by atoms with E-state index >= 15 is 0 Å². The molecule has 1 aromatic carbocycles. The van der Waals surface area contributed by atoms with Gasteiger partial charge in [0, 0.05) is 34.6 Å². The minimum Gasteiger partial charge on any atom is -0.481 e. The van der Waals surface area contributed by atoms with Crippen LogP contribution in [-0.4, -0.2) is 20.6 Å². The van der Waals surface area contributed by atoms with E-state index in [0.717, 1.165) is 41.2 Å². The van der Waals surface area contributed by atoms with E-state index in [1.165, 1.54) is 0 Å². The predicted molar refractivity (Wildman–Crippen MR) is 119 cm³/mol. The lowest BCUT2D eigenvalue weighted by atomic mass is 9.81. The van der Waals surface area contributed by atoms with Gasteiger partial charge in [0.05, 0.1) is 12.0 Å². The lowest BCUT2D eigenvalue weighted by molar-refractivity contribution is -0.147. The third-order valence-electron chi connectivity index (χ3n) is 5.29. The number of carboxylic acid groups (broad SMARTS) is 1. The van der Waals surface area contributed by atoms with Gasteiger partial charge in [-0.05, 0) is 42.8 Å². The Morgan fingerprint density at radius 3 is 2.69 bits per heavy atom. The molecule has 0 saturated carbocycles. The molecule has 2 aromatic heterocycles. The van der Waals surface area contributed by atoms with Crippen molar-refractivity contribution in [3.63, 3.8) is 0 Å². The SMILES string of the molecule is CCCCc1ncc(CC(C)(Cc2cccs2)C(=O)O)n1Cc1ccccc1Cl. The van der Waals surface area contributed by atoms with E-state index in [-0.39, 0.29) is 0 Å². The molecule has 1 N–H and O–H groups in total. The first-order valence-electron chi connectivity index (χ1n) is 9.95. The summed E-state index contributed by atoms with van der Waals surface area (Å²) in [5.74, 6) is 0.206. The normalized spacial score (nSPS) is 13.3. The molecule has 0 radical (unpaired) electrons. The molecule has 3 aromatic rings. The fourth-order valence-corrected chi connectivity index (χ4v) is 4.62. The molecule has 0 aliphatic rings. The van der Waals surface area contributed by atoms with Gasteiger partial charge in [-0.15, -0.1) is 11.3 Å². The van der Waals surface area contributed by atoms with Gasteiger partial charge >= 0.3 is 5.97 Å². The molecule has 1 atom stereocenters. The number of benzene rings is 1. The van der Waals surface area contributed by atoms with Crippen molar-refractivity contribution in [2.24, 2.45) is 5.41 Å². The van der Waals surface area contributed by atoms with Crippen molar-refractivity contribution in [2.75, 3.05) is 0 Å². The number of nitrogens with zero attached hydrogens (tertiary/aromatic N) is 2. The van der Waals surface area contributed by atoms with E-state index in [1.807, 2.05) is 54.9 Å². The van der Waals surface area contributed by atoms with Crippen LogP contribution in [0.25, 0.3) is 0 Å². The summed E-state index contributed by atoms with van der Waals surface area (Å²) in [4.78, 5) is 17.9. The molecule has 2 heterocycles. The van der Waals surface area contributed by atoms with E-state index in [2.05, 4.69) is 16.5 Å².